The van der Waals surface area contributed by atoms with Crippen molar-refractivity contribution in [2.24, 2.45) is 5.92 Å². The van der Waals surface area contributed by atoms with Gasteiger partial charge in [0.05, 0.1) is 11.9 Å². The molecule has 1 N–H and O–H groups in total. The molecule has 2 heterocycles. The van der Waals surface area contributed by atoms with Crippen molar-refractivity contribution in [2.75, 3.05) is 13.1 Å². The number of nitrogens with one attached hydrogen (secondary N) is 1. The number of ether oxygens (including phenoxy) is 1. The maximum Gasteiger partial charge on any atom is 0.146 e. The van der Waals surface area contributed by atoms with Gasteiger partial charge in [0.25, 0.3) is 0 Å². The van der Waals surface area contributed by atoms with Crippen LogP contribution in [0.3, 0.4) is 0 Å². The molecule has 1 unspecified atom stereocenters. The molecule has 2 atom stereocenters. The number of halogens is 1. The number of aryl methyl sites for hydroxylation is 1. The van der Waals surface area contributed by atoms with E-state index in [4.69, 9.17) is 16.3 Å². The molecule has 0 aliphatic carbocycles. The van der Waals surface area contributed by atoms with E-state index < -0.39 is 0 Å². The van der Waals surface area contributed by atoms with Crippen molar-refractivity contribution in [3.8, 4) is 5.75 Å². The molecular formula is C16H18ClN3O. The van der Waals surface area contributed by atoms with Crippen molar-refractivity contribution in [3.05, 3.63) is 53.1 Å². The largest absolute Gasteiger partial charge is 0.483 e. The summed E-state index contributed by atoms with van der Waals surface area (Å²) in [5, 5.41) is 4.10. The molecule has 1 aliphatic rings. The number of benzene rings is 1. The van der Waals surface area contributed by atoms with Gasteiger partial charge in [-0.15, -0.1) is 0 Å². The van der Waals surface area contributed by atoms with E-state index in [9.17, 15) is 0 Å². The fourth-order valence-electron chi connectivity index (χ4n) is 2.67. The van der Waals surface area contributed by atoms with Gasteiger partial charge >= 0.3 is 0 Å². The van der Waals surface area contributed by atoms with Crippen LogP contribution < -0.4 is 10.1 Å². The summed E-state index contributed by atoms with van der Waals surface area (Å²) in [6, 6.07) is 5.69. The van der Waals surface area contributed by atoms with Gasteiger partial charge in [0, 0.05) is 29.9 Å². The molecule has 1 aromatic heterocycles. The van der Waals surface area contributed by atoms with Crippen LogP contribution >= 0.6 is 11.6 Å². The first-order chi connectivity index (χ1) is 10.2. The van der Waals surface area contributed by atoms with Crippen molar-refractivity contribution in [2.45, 2.75) is 19.4 Å². The number of hydrogen-bond donors (Lipinski definition) is 1. The quantitative estimate of drug-likeness (QED) is 0.942. The van der Waals surface area contributed by atoms with Crippen LogP contribution in [0.1, 0.15) is 23.8 Å². The fourth-order valence-corrected chi connectivity index (χ4v) is 2.90. The van der Waals surface area contributed by atoms with Crippen LogP contribution in [-0.4, -0.2) is 23.1 Å². The van der Waals surface area contributed by atoms with Crippen LogP contribution in [0.2, 0.25) is 5.02 Å². The Labute approximate surface area is 129 Å². The molecule has 3 rings (SSSR count). The lowest BCUT2D eigenvalue weighted by molar-refractivity contribution is 0.138. The Morgan fingerprint density at radius 1 is 1.38 bits per heavy atom. The molecule has 1 aliphatic heterocycles. The number of rotatable bonds is 4. The Kier molecular flexibility index (Phi) is 4.36. The second-order valence-corrected chi connectivity index (χ2v) is 5.77. The molecule has 110 valence electrons. The third-order valence-corrected chi connectivity index (χ3v) is 4.03. The van der Waals surface area contributed by atoms with Gasteiger partial charge in [-0.3, -0.25) is 9.97 Å². The van der Waals surface area contributed by atoms with Crippen molar-refractivity contribution in [3.63, 3.8) is 0 Å². The lowest BCUT2D eigenvalue weighted by Crippen LogP contribution is -2.22. The Hall–Kier alpha value is -1.65. The van der Waals surface area contributed by atoms with Crippen molar-refractivity contribution in [1.82, 2.24) is 15.3 Å². The lowest BCUT2D eigenvalue weighted by atomic mass is 9.99. The maximum atomic E-state index is 6.27. The minimum atomic E-state index is -0.0893. The molecule has 0 bridgehead atoms. The topological polar surface area (TPSA) is 47.0 Å². The van der Waals surface area contributed by atoms with Crippen LogP contribution in [0.25, 0.3) is 0 Å². The van der Waals surface area contributed by atoms with E-state index in [1.807, 2.05) is 25.1 Å². The van der Waals surface area contributed by atoms with E-state index in [2.05, 4.69) is 15.3 Å². The molecule has 5 heteroatoms. The minimum Gasteiger partial charge on any atom is -0.483 e. The van der Waals surface area contributed by atoms with Gasteiger partial charge in [0.2, 0.25) is 0 Å². The summed E-state index contributed by atoms with van der Waals surface area (Å²) in [7, 11) is 0. The van der Waals surface area contributed by atoms with Crippen LogP contribution in [0.15, 0.2) is 36.8 Å². The maximum absolute atomic E-state index is 6.27. The number of hydrogen-bond acceptors (Lipinski definition) is 4. The predicted octanol–water partition coefficient (Wildman–Crippen LogP) is 3.17. The van der Waals surface area contributed by atoms with Crippen molar-refractivity contribution >= 4 is 11.6 Å². The molecule has 1 aromatic carbocycles. The molecule has 2 aromatic rings. The number of nitrogens with zero attached hydrogens (tertiary/aromatic N) is 2. The van der Waals surface area contributed by atoms with Gasteiger partial charge in [-0.1, -0.05) is 11.6 Å². The van der Waals surface area contributed by atoms with Gasteiger partial charge in [-0.05, 0) is 43.7 Å². The summed E-state index contributed by atoms with van der Waals surface area (Å²) in [6.07, 6.45) is 6.17. The van der Waals surface area contributed by atoms with E-state index >= 15 is 0 Å². The van der Waals surface area contributed by atoms with Crippen LogP contribution in [0.5, 0.6) is 5.75 Å². The second kappa shape index (κ2) is 6.41. The normalized spacial score (nSPS) is 19.4. The third-order valence-electron chi connectivity index (χ3n) is 3.79. The number of aromatic nitrogens is 2. The molecule has 0 saturated carbocycles. The highest BCUT2D eigenvalue weighted by molar-refractivity contribution is 6.30. The molecular weight excluding hydrogens is 286 g/mol. The van der Waals surface area contributed by atoms with E-state index in [0.717, 1.165) is 41.5 Å². The summed E-state index contributed by atoms with van der Waals surface area (Å²) >= 11 is 6.01. The summed E-state index contributed by atoms with van der Waals surface area (Å²) in [5.74, 6) is 1.25. The van der Waals surface area contributed by atoms with E-state index in [1.165, 1.54) is 0 Å². The predicted molar refractivity (Wildman–Crippen MR) is 82.6 cm³/mol. The van der Waals surface area contributed by atoms with Crippen LogP contribution in [0, 0.1) is 12.8 Å². The highest BCUT2D eigenvalue weighted by Crippen LogP contribution is 2.33. The smallest absolute Gasteiger partial charge is 0.146 e. The summed E-state index contributed by atoms with van der Waals surface area (Å²) < 4.78 is 6.27. The highest BCUT2D eigenvalue weighted by Gasteiger charge is 2.29. The fraction of sp³-hybridized carbons (Fsp3) is 0.375. The Morgan fingerprint density at radius 2 is 2.29 bits per heavy atom. The first-order valence-electron chi connectivity index (χ1n) is 7.13. The van der Waals surface area contributed by atoms with E-state index in [1.54, 1.807) is 18.6 Å². The van der Waals surface area contributed by atoms with Gasteiger partial charge in [-0.25, -0.2) is 0 Å². The van der Waals surface area contributed by atoms with Gasteiger partial charge in [0.15, 0.2) is 0 Å². The molecule has 4 nitrogen and oxygen atoms in total. The first kappa shape index (κ1) is 14.3. The molecule has 1 saturated heterocycles. The zero-order chi connectivity index (χ0) is 14.7. The zero-order valence-electron chi connectivity index (χ0n) is 11.9. The average Bonchev–Trinajstić information content (AvgIpc) is 3.01. The van der Waals surface area contributed by atoms with Crippen LogP contribution in [-0.2, 0) is 0 Å². The minimum absolute atomic E-state index is 0.0893. The Morgan fingerprint density at radius 3 is 2.95 bits per heavy atom. The average molecular weight is 304 g/mol. The molecule has 0 spiro atoms. The molecule has 21 heavy (non-hydrogen) atoms. The summed E-state index contributed by atoms with van der Waals surface area (Å²) in [5.41, 5.74) is 1.91. The third kappa shape index (κ3) is 3.34. The van der Waals surface area contributed by atoms with Crippen LogP contribution in [0.4, 0.5) is 0 Å². The van der Waals surface area contributed by atoms with E-state index in [0.29, 0.717) is 5.92 Å². The van der Waals surface area contributed by atoms with Crippen molar-refractivity contribution < 1.29 is 4.74 Å². The standard InChI is InChI=1S/C16H18ClN3O/c1-11-8-13(17)2-3-15(11)21-16(12-4-5-18-9-12)14-10-19-6-7-20-14/h2-3,6-8,10,12,16,18H,4-5,9H2,1H3/t12?,16-/m0/s1. The molecule has 0 amide bonds. The van der Waals surface area contributed by atoms with Gasteiger partial charge < -0.3 is 10.1 Å². The zero-order valence-corrected chi connectivity index (χ0v) is 12.7. The second-order valence-electron chi connectivity index (χ2n) is 5.33. The molecule has 1 fully saturated rings. The highest BCUT2D eigenvalue weighted by atomic mass is 35.5. The lowest BCUT2D eigenvalue weighted by Gasteiger charge is -2.24. The van der Waals surface area contributed by atoms with Gasteiger partial charge in [0.1, 0.15) is 11.9 Å². The monoisotopic (exact) mass is 303 g/mol. The molecule has 0 radical (unpaired) electrons. The first-order valence-corrected chi connectivity index (χ1v) is 7.51. The SMILES string of the molecule is Cc1cc(Cl)ccc1O[C@H](c1cnccn1)C1CCNC1. The Bertz CT molecular complexity index is 600. The summed E-state index contributed by atoms with van der Waals surface area (Å²) in [6.45, 7) is 3.96. The summed E-state index contributed by atoms with van der Waals surface area (Å²) in [4.78, 5) is 8.60. The van der Waals surface area contributed by atoms with E-state index in [-0.39, 0.29) is 6.10 Å². The van der Waals surface area contributed by atoms with Gasteiger partial charge in [-0.2, -0.15) is 0 Å². The Balaban J connectivity index is 1.88. The van der Waals surface area contributed by atoms with Crippen molar-refractivity contribution in [1.29, 1.82) is 0 Å².